The van der Waals surface area contributed by atoms with Crippen molar-refractivity contribution in [1.82, 2.24) is 15.1 Å². The molecule has 1 fully saturated rings. The van der Waals surface area contributed by atoms with Crippen molar-refractivity contribution in [2.24, 2.45) is 0 Å². The van der Waals surface area contributed by atoms with Crippen molar-refractivity contribution in [2.45, 2.75) is 38.5 Å². The second kappa shape index (κ2) is 9.64. The third kappa shape index (κ3) is 5.25. The minimum atomic E-state index is -0.0776. The Morgan fingerprint density at radius 3 is 2.92 bits per heavy atom. The molecule has 1 atom stereocenters. The molecular weight excluding hydrogens is 348 g/mol. The van der Waals surface area contributed by atoms with Crippen LogP contribution in [0.4, 0.5) is 9.93 Å². The zero-order chi connectivity index (χ0) is 18.2. The summed E-state index contributed by atoms with van der Waals surface area (Å²) < 4.78 is 5.33. The van der Waals surface area contributed by atoms with E-state index >= 15 is 0 Å². The van der Waals surface area contributed by atoms with Crippen LogP contribution in [0.3, 0.4) is 0 Å². The van der Waals surface area contributed by atoms with Crippen molar-refractivity contribution < 1.29 is 9.53 Å². The van der Waals surface area contributed by atoms with Crippen LogP contribution in [0.5, 0.6) is 0 Å². The Hall–Kier alpha value is -1.99. The lowest BCUT2D eigenvalue weighted by Crippen LogP contribution is -2.35. The van der Waals surface area contributed by atoms with Crippen LogP contribution in [0, 0.1) is 0 Å². The lowest BCUT2D eigenvalue weighted by Gasteiger charge is -2.20. The van der Waals surface area contributed by atoms with Gasteiger partial charge in [-0.05, 0) is 37.7 Å². The van der Waals surface area contributed by atoms with Gasteiger partial charge in [0.15, 0.2) is 0 Å². The highest BCUT2D eigenvalue weighted by atomic mass is 32.1. The fourth-order valence-corrected chi connectivity index (χ4v) is 3.95. The number of aromatic nitrogens is 2. The number of nitrogens with zero attached hydrogens (tertiary/aromatic N) is 3. The van der Waals surface area contributed by atoms with E-state index in [0.29, 0.717) is 24.3 Å². The summed E-state index contributed by atoms with van der Waals surface area (Å²) >= 11 is 1.42. The van der Waals surface area contributed by atoms with Crippen molar-refractivity contribution in [3.63, 3.8) is 0 Å². The fourth-order valence-electron chi connectivity index (χ4n) is 3.24. The van der Waals surface area contributed by atoms with E-state index < -0.39 is 0 Å². The number of nitrogens with one attached hydrogen (secondary N) is 1. The third-order valence-corrected chi connectivity index (χ3v) is 5.53. The van der Waals surface area contributed by atoms with Gasteiger partial charge in [-0.1, -0.05) is 41.7 Å². The summed E-state index contributed by atoms with van der Waals surface area (Å²) in [5, 5.41) is 12.5. The smallest absolute Gasteiger partial charge is 0.323 e. The molecule has 2 aromatic rings. The molecule has 1 aliphatic heterocycles. The molecule has 1 aromatic heterocycles. The van der Waals surface area contributed by atoms with Gasteiger partial charge in [-0.2, -0.15) is 0 Å². The van der Waals surface area contributed by atoms with Crippen LogP contribution in [0.15, 0.2) is 30.3 Å². The van der Waals surface area contributed by atoms with Crippen molar-refractivity contribution >= 4 is 22.5 Å². The largest absolute Gasteiger partial charge is 0.381 e. The molecule has 3 rings (SSSR count). The van der Waals surface area contributed by atoms with Crippen LogP contribution in [0.1, 0.15) is 42.7 Å². The summed E-state index contributed by atoms with van der Waals surface area (Å²) in [6.07, 6.45) is 3.86. The fraction of sp³-hybridized carbons (Fsp3) is 0.526. The summed E-state index contributed by atoms with van der Waals surface area (Å²) in [5.74, 6) is 0.528. The zero-order valence-electron chi connectivity index (χ0n) is 15.2. The molecular formula is C19H26N4O2S. The zero-order valence-corrected chi connectivity index (χ0v) is 16.0. The van der Waals surface area contributed by atoms with Gasteiger partial charge in [-0.25, -0.2) is 4.79 Å². The monoisotopic (exact) mass is 374 g/mol. The molecule has 1 aliphatic rings. The van der Waals surface area contributed by atoms with E-state index in [1.807, 2.05) is 17.9 Å². The normalized spacial score (nSPS) is 17.7. The molecule has 1 saturated heterocycles. The first-order chi connectivity index (χ1) is 12.8. The second-order valence-corrected chi connectivity index (χ2v) is 7.47. The average Bonchev–Trinajstić information content (AvgIpc) is 2.95. The number of urea groups is 1. The van der Waals surface area contributed by atoms with Gasteiger partial charge in [-0.3, -0.25) is 5.32 Å². The number of benzene rings is 1. The molecule has 1 aromatic carbocycles. The molecule has 0 aliphatic carbocycles. The highest BCUT2D eigenvalue weighted by Crippen LogP contribution is 2.28. The molecule has 6 nitrogen and oxygen atoms in total. The van der Waals surface area contributed by atoms with Gasteiger partial charge in [0.2, 0.25) is 5.13 Å². The number of ether oxygens (including phenoxy) is 1. The molecule has 26 heavy (non-hydrogen) atoms. The summed E-state index contributed by atoms with van der Waals surface area (Å²) in [5.41, 5.74) is 1.37. The molecule has 140 valence electrons. The van der Waals surface area contributed by atoms with E-state index in [1.54, 1.807) is 0 Å². The first-order valence-corrected chi connectivity index (χ1v) is 10.1. The predicted molar refractivity (Wildman–Crippen MR) is 104 cm³/mol. The number of carbonyl (C=O) groups is 1. The summed E-state index contributed by atoms with van der Waals surface area (Å²) in [6, 6.07) is 10.5. The standard InChI is InChI=1S/C19H26N4O2S/c1-2-25-14-11-17-21-22-18(26-17)20-19(24)23-12-6-9-16(10-13-23)15-7-4-3-5-8-15/h3-5,7-8,16H,2,6,9-14H2,1H3,(H,20,22,24)/t16-/m1/s1. The molecule has 0 radical (unpaired) electrons. The molecule has 0 saturated carbocycles. The Kier molecular flexibility index (Phi) is 6.96. The van der Waals surface area contributed by atoms with Gasteiger partial charge in [0, 0.05) is 26.1 Å². The molecule has 7 heteroatoms. The second-order valence-electron chi connectivity index (χ2n) is 6.40. The first kappa shape index (κ1) is 18.8. The maximum Gasteiger partial charge on any atom is 0.323 e. The highest BCUT2D eigenvalue weighted by molar-refractivity contribution is 7.15. The average molecular weight is 375 g/mol. The van der Waals surface area contributed by atoms with E-state index in [-0.39, 0.29) is 6.03 Å². The van der Waals surface area contributed by atoms with E-state index in [2.05, 4.69) is 39.8 Å². The topological polar surface area (TPSA) is 67.4 Å². The van der Waals surface area contributed by atoms with Crippen LogP contribution in [0.25, 0.3) is 0 Å². The number of rotatable bonds is 6. The number of amides is 2. The first-order valence-electron chi connectivity index (χ1n) is 9.27. The van der Waals surface area contributed by atoms with Gasteiger partial charge < -0.3 is 9.64 Å². The van der Waals surface area contributed by atoms with Gasteiger partial charge in [-0.15, -0.1) is 10.2 Å². The Morgan fingerprint density at radius 1 is 1.27 bits per heavy atom. The number of hydrogen-bond donors (Lipinski definition) is 1. The van der Waals surface area contributed by atoms with Gasteiger partial charge in [0.25, 0.3) is 0 Å². The van der Waals surface area contributed by atoms with Crippen LogP contribution in [-0.4, -0.2) is 47.4 Å². The maximum atomic E-state index is 12.6. The number of carbonyl (C=O) groups excluding carboxylic acids is 1. The van der Waals surface area contributed by atoms with E-state index in [9.17, 15) is 4.79 Å². The van der Waals surface area contributed by atoms with Gasteiger partial charge >= 0.3 is 6.03 Å². The molecule has 1 N–H and O–H groups in total. The van der Waals surface area contributed by atoms with E-state index in [4.69, 9.17) is 4.74 Å². The summed E-state index contributed by atoms with van der Waals surface area (Å²) in [7, 11) is 0. The van der Waals surface area contributed by atoms with Crippen LogP contribution < -0.4 is 5.32 Å². The Labute approximate surface area is 158 Å². The Balaban J connectivity index is 1.50. The van der Waals surface area contributed by atoms with Crippen molar-refractivity contribution in [2.75, 3.05) is 31.6 Å². The highest BCUT2D eigenvalue weighted by Gasteiger charge is 2.22. The van der Waals surface area contributed by atoms with Crippen molar-refractivity contribution in [3.8, 4) is 0 Å². The molecule has 2 amide bonds. The van der Waals surface area contributed by atoms with E-state index in [0.717, 1.165) is 43.8 Å². The van der Waals surface area contributed by atoms with Gasteiger partial charge in [0.05, 0.1) is 6.61 Å². The summed E-state index contributed by atoms with van der Waals surface area (Å²) in [6.45, 7) is 4.84. The van der Waals surface area contributed by atoms with Crippen molar-refractivity contribution in [1.29, 1.82) is 0 Å². The van der Waals surface area contributed by atoms with Crippen molar-refractivity contribution in [3.05, 3.63) is 40.9 Å². The minimum absolute atomic E-state index is 0.0776. The van der Waals surface area contributed by atoms with E-state index in [1.165, 1.54) is 16.9 Å². The minimum Gasteiger partial charge on any atom is -0.381 e. The molecule has 0 spiro atoms. The van der Waals surface area contributed by atoms with Crippen LogP contribution >= 0.6 is 11.3 Å². The lowest BCUT2D eigenvalue weighted by molar-refractivity contribution is 0.150. The quantitative estimate of drug-likeness (QED) is 0.778. The summed E-state index contributed by atoms with van der Waals surface area (Å²) in [4.78, 5) is 14.5. The number of anilines is 1. The predicted octanol–water partition coefficient (Wildman–Crippen LogP) is 3.92. The molecule has 0 bridgehead atoms. The van der Waals surface area contributed by atoms with Crippen LogP contribution in [-0.2, 0) is 11.2 Å². The number of hydrogen-bond acceptors (Lipinski definition) is 5. The SMILES string of the molecule is CCOCCc1nnc(NC(=O)N2CCC[C@@H](c3ccccc3)CC2)s1. The Morgan fingerprint density at radius 2 is 2.12 bits per heavy atom. The van der Waals surface area contributed by atoms with Gasteiger partial charge in [0.1, 0.15) is 5.01 Å². The van der Waals surface area contributed by atoms with Crippen LogP contribution in [0.2, 0.25) is 0 Å². The Bertz CT molecular complexity index is 692. The number of likely N-dealkylation sites (tertiary alicyclic amines) is 1. The lowest BCUT2D eigenvalue weighted by atomic mass is 9.92. The molecule has 0 unspecified atom stereocenters. The maximum absolute atomic E-state index is 12.6. The molecule has 2 heterocycles. The third-order valence-electron chi connectivity index (χ3n) is 4.63.